The van der Waals surface area contributed by atoms with Gasteiger partial charge in [0.1, 0.15) is 0 Å². The molecule has 0 aliphatic carbocycles. The van der Waals surface area contributed by atoms with Gasteiger partial charge in [-0.3, -0.25) is 4.79 Å². The Hall–Kier alpha value is -2.25. The van der Waals surface area contributed by atoms with Gasteiger partial charge >= 0.3 is 0 Å². The zero-order valence-corrected chi connectivity index (χ0v) is 19.9. The van der Waals surface area contributed by atoms with E-state index < -0.39 is 9.84 Å². The molecule has 1 saturated heterocycles. The molecule has 0 radical (unpaired) electrons. The van der Waals surface area contributed by atoms with Crippen LogP contribution in [0.3, 0.4) is 0 Å². The minimum atomic E-state index is -2.94. The first-order valence-corrected chi connectivity index (χ1v) is 13.9. The summed E-state index contributed by atoms with van der Waals surface area (Å²) >= 11 is 2.67. The van der Waals surface area contributed by atoms with Crippen molar-refractivity contribution < 1.29 is 22.0 Å². The number of aromatic nitrogens is 4. The highest BCUT2D eigenvalue weighted by molar-refractivity contribution is 7.99. The average molecular weight is 498 g/mol. The van der Waals surface area contributed by atoms with E-state index in [4.69, 9.17) is 8.83 Å². The van der Waals surface area contributed by atoms with Crippen LogP contribution in [-0.4, -0.2) is 63.4 Å². The van der Waals surface area contributed by atoms with Gasteiger partial charge < -0.3 is 13.7 Å². The molecule has 1 atom stereocenters. The van der Waals surface area contributed by atoms with Crippen molar-refractivity contribution in [1.82, 2.24) is 25.3 Å². The summed E-state index contributed by atoms with van der Waals surface area (Å²) in [5.41, 5.74) is 0. The number of hydrogen-bond donors (Lipinski definition) is 0. The van der Waals surface area contributed by atoms with Gasteiger partial charge in [-0.2, -0.15) is 0 Å². The lowest BCUT2D eigenvalue weighted by molar-refractivity contribution is -0.129. The van der Waals surface area contributed by atoms with Crippen LogP contribution in [0.15, 0.2) is 31.6 Å². The lowest BCUT2D eigenvalue weighted by Gasteiger charge is -2.19. The summed E-state index contributed by atoms with van der Waals surface area (Å²) in [5, 5.41) is 18.3. The van der Waals surface area contributed by atoms with Crippen molar-refractivity contribution in [2.75, 3.05) is 23.8 Å². The van der Waals surface area contributed by atoms with Gasteiger partial charge in [-0.15, -0.1) is 31.7 Å². The molecule has 0 N–H and O–H groups in total. The molecule has 4 rings (SSSR count). The number of carbonyl (C=O) groups excluding carboxylic acids is 1. The molecular weight excluding hydrogens is 474 g/mol. The van der Waals surface area contributed by atoms with Gasteiger partial charge in [0, 0.05) is 13.0 Å². The van der Waals surface area contributed by atoms with E-state index in [0.717, 1.165) is 23.1 Å². The fourth-order valence-electron chi connectivity index (χ4n) is 3.42. The van der Waals surface area contributed by atoms with E-state index in [1.165, 1.54) is 11.3 Å². The van der Waals surface area contributed by atoms with Crippen molar-refractivity contribution in [3.8, 4) is 10.8 Å². The molecule has 1 aliphatic heterocycles. The third kappa shape index (κ3) is 5.95. The molecular formula is C19H23N5O5S3. The van der Waals surface area contributed by atoms with Crippen LogP contribution >= 0.6 is 23.1 Å². The SMILES string of the molecule is CCCN(Cc1nnc(-c2cccs2)o1)C(=O)CSc1nnc(C[C@H]2CCS(=O)(=O)C2)o1. The maximum atomic E-state index is 12.8. The Morgan fingerprint density at radius 3 is 2.81 bits per heavy atom. The Kier molecular flexibility index (Phi) is 7.26. The molecule has 3 aromatic heterocycles. The summed E-state index contributed by atoms with van der Waals surface area (Å²) in [7, 11) is -2.94. The molecule has 0 spiro atoms. The molecule has 1 amide bonds. The topological polar surface area (TPSA) is 132 Å². The molecule has 10 nitrogen and oxygen atoms in total. The average Bonchev–Trinajstić information content (AvgIpc) is 3.54. The summed E-state index contributed by atoms with van der Waals surface area (Å²) in [6.45, 7) is 2.78. The lowest BCUT2D eigenvalue weighted by Crippen LogP contribution is -2.32. The summed E-state index contributed by atoms with van der Waals surface area (Å²) in [6.07, 6.45) is 1.84. The number of sulfone groups is 1. The maximum Gasteiger partial charge on any atom is 0.277 e. The first-order valence-electron chi connectivity index (χ1n) is 10.2. The van der Waals surface area contributed by atoms with E-state index >= 15 is 0 Å². The highest BCUT2D eigenvalue weighted by atomic mass is 32.2. The second-order valence-electron chi connectivity index (χ2n) is 7.52. The van der Waals surface area contributed by atoms with Crippen molar-refractivity contribution in [3.05, 3.63) is 29.3 Å². The standard InChI is InChI=1S/C19H23N5O5S3/c1-2-6-24(10-16-21-22-18(28-16)14-4-3-7-30-14)17(25)11-31-19-23-20-15(29-19)9-13-5-8-32(26,27)12-13/h3-4,7,13H,2,5-6,8-12H2,1H3/t13-/m1/s1. The third-order valence-corrected chi connectivity index (χ3v) is 8.43. The Balaban J connectivity index is 1.30. The molecule has 0 aromatic carbocycles. The third-order valence-electron chi connectivity index (χ3n) is 4.93. The second-order valence-corrected chi connectivity index (χ2v) is 11.6. The van der Waals surface area contributed by atoms with Crippen LogP contribution in [-0.2, 0) is 27.6 Å². The first-order chi connectivity index (χ1) is 15.4. The number of nitrogens with zero attached hydrogens (tertiary/aromatic N) is 5. The number of rotatable bonds is 10. The Labute approximate surface area is 193 Å². The molecule has 4 heterocycles. The largest absolute Gasteiger partial charge is 0.418 e. The fourth-order valence-corrected chi connectivity index (χ4v) is 6.61. The van der Waals surface area contributed by atoms with Crippen LogP contribution in [0.25, 0.3) is 10.8 Å². The van der Waals surface area contributed by atoms with Gasteiger partial charge in [-0.25, -0.2) is 8.42 Å². The van der Waals surface area contributed by atoms with Gasteiger partial charge in [0.2, 0.25) is 17.7 Å². The van der Waals surface area contributed by atoms with E-state index in [2.05, 4.69) is 20.4 Å². The quantitative estimate of drug-likeness (QED) is 0.385. The van der Waals surface area contributed by atoms with E-state index in [-0.39, 0.29) is 35.6 Å². The highest BCUT2D eigenvalue weighted by Crippen LogP contribution is 2.25. The number of thioether (sulfide) groups is 1. The van der Waals surface area contributed by atoms with Crippen LogP contribution in [0, 0.1) is 5.92 Å². The van der Waals surface area contributed by atoms with Crippen LogP contribution in [0.4, 0.5) is 0 Å². The van der Waals surface area contributed by atoms with Crippen molar-refractivity contribution in [2.45, 2.75) is 38.0 Å². The van der Waals surface area contributed by atoms with Crippen LogP contribution < -0.4 is 0 Å². The Bertz CT molecular complexity index is 1140. The second kappa shape index (κ2) is 10.1. The van der Waals surface area contributed by atoms with E-state index in [1.54, 1.807) is 4.90 Å². The summed E-state index contributed by atoms with van der Waals surface area (Å²) < 4.78 is 34.5. The summed E-state index contributed by atoms with van der Waals surface area (Å²) in [5.74, 6) is 1.64. The van der Waals surface area contributed by atoms with Gasteiger partial charge in [-0.1, -0.05) is 24.8 Å². The van der Waals surface area contributed by atoms with Gasteiger partial charge in [0.05, 0.1) is 28.7 Å². The smallest absolute Gasteiger partial charge is 0.277 e. The minimum absolute atomic E-state index is 0.00783. The monoisotopic (exact) mass is 497 g/mol. The molecule has 32 heavy (non-hydrogen) atoms. The number of carbonyl (C=O) groups is 1. The minimum Gasteiger partial charge on any atom is -0.418 e. The van der Waals surface area contributed by atoms with Crippen molar-refractivity contribution in [1.29, 1.82) is 0 Å². The Morgan fingerprint density at radius 1 is 1.25 bits per heavy atom. The van der Waals surface area contributed by atoms with Crippen LogP contribution in [0.1, 0.15) is 31.5 Å². The molecule has 1 aliphatic rings. The first kappa shape index (κ1) is 22.9. The van der Waals surface area contributed by atoms with E-state index in [1.807, 2.05) is 24.4 Å². The van der Waals surface area contributed by atoms with Gasteiger partial charge in [-0.05, 0) is 30.2 Å². The van der Waals surface area contributed by atoms with Crippen molar-refractivity contribution >= 4 is 38.8 Å². The zero-order valence-electron chi connectivity index (χ0n) is 17.5. The number of amides is 1. The molecule has 3 aromatic rings. The number of hydrogen-bond acceptors (Lipinski definition) is 11. The molecule has 0 bridgehead atoms. The molecule has 1 fully saturated rings. The summed E-state index contributed by atoms with van der Waals surface area (Å²) in [6, 6.07) is 3.81. The van der Waals surface area contributed by atoms with E-state index in [0.29, 0.717) is 42.3 Å². The van der Waals surface area contributed by atoms with Crippen molar-refractivity contribution in [2.24, 2.45) is 5.92 Å². The maximum absolute atomic E-state index is 12.8. The normalized spacial score (nSPS) is 17.6. The molecule has 13 heteroatoms. The predicted octanol–water partition coefficient (Wildman–Crippen LogP) is 2.69. The summed E-state index contributed by atoms with van der Waals surface area (Å²) in [4.78, 5) is 15.3. The van der Waals surface area contributed by atoms with Crippen LogP contribution in [0.2, 0.25) is 0 Å². The lowest BCUT2D eigenvalue weighted by atomic mass is 10.1. The van der Waals surface area contributed by atoms with Gasteiger partial charge in [0.25, 0.3) is 11.1 Å². The number of thiophene rings is 1. The Morgan fingerprint density at radius 2 is 2.09 bits per heavy atom. The molecule has 0 saturated carbocycles. The zero-order chi connectivity index (χ0) is 22.6. The predicted molar refractivity (Wildman–Crippen MR) is 119 cm³/mol. The van der Waals surface area contributed by atoms with E-state index in [9.17, 15) is 13.2 Å². The molecule has 0 unspecified atom stereocenters. The fraction of sp³-hybridized carbons (Fsp3) is 0.526. The molecule has 172 valence electrons. The van der Waals surface area contributed by atoms with Crippen molar-refractivity contribution in [3.63, 3.8) is 0 Å². The van der Waals surface area contributed by atoms with Gasteiger partial charge in [0.15, 0.2) is 9.84 Å². The van der Waals surface area contributed by atoms with Crippen LogP contribution in [0.5, 0.6) is 0 Å². The highest BCUT2D eigenvalue weighted by Gasteiger charge is 2.29.